The quantitative estimate of drug-likeness (QED) is 0.713. The van der Waals surface area contributed by atoms with Crippen LogP contribution in [0.1, 0.15) is 37.4 Å². The molecule has 1 aliphatic rings. The summed E-state index contributed by atoms with van der Waals surface area (Å²) in [5.74, 6) is 0.562. The van der Waals surface area contributed by atoms with Crippen LogP contribution in [0.3, 0.4) is 0 Å². The van der Waals surface area contributed by atoms with Gasteiger partial charge >= 0.3 is 0 Å². The van der Waals surface area contributed by atoms with E-state index in [1.54, 1.807) is 0 Å². The summed E-state index contributed by atoms with van der Waals surface area (Å²) in [5, 5.41) is 0. The number of likely N-dealkylation sites (N-methyl/N-ethyl adjacent to an activating group) is 1. The third kappa shape index (κ3) is 2.95. The number of hydrogen-bond donors (Lipinski definition) is 0. The number of aromatic nitrogens is 1. The first kappa shape index (κ1) is 12.3. The zero-order valence-electron chi connectivity index (χ0n) is 11.4. The van der Waals surface area contributed by atoms with Crippen LogP contribution in [0.4, 0.5) is 0 Å². The van der Waals surface area contributed by atoms with Gasteiger partial charge in [0.25, 0.3) is 0 Å². The molecule has 92 valence electrons. The molecule has 0 saturated heterocycles. The van der Waals surface area contributed by atoms with Gasteiger partial charge in [-0.15, -0.1) is 0 Å². The van der Waals surface area contributed by atoms with Crippen molar-refractivity contribution in [2.45, 2.75) is 26.2 Å². The normalized spacial score (nSPS) is 19.2. The summed E-state index contributed by atoms with van der Waals surface area (Å²) in [5.41, 5.74) is 3.90. The van der Waals surface area contributed by atoms with Crippen LogP contribution in [-0.2, 0) is 0 Å². The van der Waals surface area contributed by atoms with Crippen molar-refractivity contribution in [2.24, 2.45) is 0 Å². The Morgan fingerprint density at radius 1 is 1.24 bits per heavy atom. The van der Waals surface area contributed by atoms with Crippen LogP contribution >= 0.6 is 0 Å². The molecule has 0 fully saturated rings. The molecule has 1 aromatic heterocycles. The minimum atomic E-state index is 0.562. The van der Waals surface area contributed by atoms with Gasteiger partial charge in [-0.25, -0.2) is 0 Å². The smallest absolute Gasteiger partial charge is 0.0976 e. The van der Waals surface area contributed by atoms with E-state index in [1.165, 1.54) is 17.7 Å². The monoisotopic (exact) mass is 231 g/mol. The highest BCUT2D eigenvalue weighted by atomic mass is 15.3. The molecule has 2 heterocycles. The summed E-state index contributed by atoms with van der Waals surface area (Å²) in [4.78, 5) is 4.60. The molecule has 1 aliphatic heterocycles. The molecule has 1 aromatic rings. The Bertz CT molecular complexity index is 413. The average Bonchev–Trinajstić information content (AvgIpc) is 2.29. The van der Waals surface area contributed by atoms with Crippen molar-refractivity contribution in [2.75, 3.05) is 27.2 Å². The second-order valence-electron chi connectivity index (χ2n) is 5.95. The molecule has 0 spiro atoms. The topological polar surface area (TPSA) is 12.9 Å². The van der Waals surface area contributed by atoms with Gasteiger partial charge in [0.05, 0.1) is 32.9 Å². The van der Waals surface area contributed by atoms with E-state index in [0.29, 0.717) is 5.92 Å². The van der Waals surface area contributed by atoms with Crippen LogP contribution in [0, 0.1) is 0 Å². The van der Waals surface area contributed by atoms with Crippen molar-refractivity contribution in [3.63, 3.8) is 0 Å². The summed E-state index contributed by atoms with van der Waals surface area (Å²) in [7, 11) is 4.56. The van der Waals surface area contributed by atoms with E-state index in [0.717, 1.165) is 23.1 Å². The molecule has 0 atom stereocenters. The van der Waals surface area contributed by atoms with E-state index in [4.69, 9.17) is 0 Å². The molecular weight excluding hydrogens is 208 g/mol. The highest BCUT2D eigenvalue weighted by molar-refractivity contribution is 5.63. The summed E-state index contributed by atoms with van der Waals surface area (Å²) in [6.45, 7) is 6.73. The largest absolute Gasteiger partial charge is 0.325 e. The van der Waals surface area contributed by atoms with Gasteiger partial charge in [-0.3, -0.25) is 4.98 Å². The number of hydrogen-bond acceptors (Lipinski definition) is 1. The number of pyridine rings is 1. The van der Waals surface area contributed by atoms with E-state index in [1.807, 2.05) is 6.20 Å². The van der Waals surface area contributed by atoms with Gasteiger partial charge in [0.2, 0.25) is 0 Å². The molecular formula is C15H23N2+. The third-order valence-corrected chi connectivity index (χ3v) is 3.60. The van der Waals surface area contributed by atoms with Gasteiger partial charge < -0.3 is 4.48 Å². The maximum Gasteiger partial charge on any atom is 0.0976 e. The maximum absolute atomic E-state index is 4.60. The van der Waals surface area contributed by atoms with Crippen LogP contribution in [0.2, 0.25) is 0 Å². The first-order valence-corrected chi connectivity index (χ1v) is 6.45. The fourth-order valence-corrected chi connectivity index (χ4v) is 2.14. The van der Waals surface area contributed by atoms with Crippen molar-refractivity contribution >= 4 is 5.57 Å². The first-order valence-electron chi connectivity index (χ1n) is 6.45. The molecule has 2 heteroatoms. The molecule has 2 nitrogen and oxygen atoms in total. The lowest BCUT2D eigenvalue weighted by Crippen LogP contribution is -2.42. The summed E-state index contributed by atoms with van der Waals surface area (Å²) in [6.07, 6.45) is 5.51. The van der Waals surface area contributed by atoms with E-state index in [-0.39, 0.29) is 0 Å². The van der Waals surface area contributed by atoms with Crippen LogP contribution < -0.4 is 0 Å². The second kappa shape index (κ2) is 4.61. The molecule has 0 bridgehead atoms. The van der Waals surface area contributed by atoms with Gasteiger partial charge in [0.15, 0.2) is 0 Å². The molecule has 0 aliphatic carbocycles. The van der Waals surface area contributed by atoms with Crippen LogP contribution in [0.5, 0.6) is 0 Å². The summed E-state index contributed by atoms with van der Waals surface area (Å²) < 4.78 is 1.09. The molecule has 17 heavy (non-hydrogen) atoms. The lowest BCUT2D eigenvalue weighted by molar-refractivity contribution is -0.885. The Kier molecular flexibility index (Phi) is 3.34. The maximum atomic E-state index is 4.60. The number of nitrogens with zero attached hydrogens (tertiary/aromatic N) is 2. The van der Waals surface area contributed by atoms with E-state index < -0.39 is 0 Å². The van der Waals surface area contributed by atoms with Gasteiger partial charge in [0.1, 0.15) is 0 Å². The van der Waals surface area contributed by atoms with Gasteiger partial charge in [-0.2, -0.15) is 0 Å². The summed E-state index contributed by atoms with van der Waals surface area (Å²) >= 11 is 0. The van der Waals surface area contributed by atoms with Gasteiger partial charge in [-0.05, 0) is 29.2 Å². The van der Waals surface area contributed by atoms with Crippen molar-refractivity contribution in [1.82, 2.24) is 4.98 Å². The van der Waals surface area contributed by atoms with Crippen molar-refractivity contribution in [1.29, 1.82) is 0 Å². The first-order chi connectivity index (χ1) is 7.98. The minimum Gasteiger partial charge on any atom is -0.325 e. The Morgan fingerprint density at radius 3 is 2.47 bits per heavy atom. The highest BCUT2D eigenvalue weighted by Crippen LogP contribution is 2.23. The number of rotatable bonds is 2. The van der Waals surface area contributed by atoms with Gasteiger partial charge in [0, 0.05) is 12.6 Å². The zero-order valence-corrected chi connectivity index (χ0v) is 11.4. The number of quaternary nitrogens is 1. The van der Waals surface area contributed by atoms with Crippen molar-refractivity contribution < 1.29 is 4.48 Å². The molecule has 0 amide bonds. The lowest BCUT2D eigenvalue weighted by atomic mass is 10.0. The molecule has 0 unspecified atom stereocenters. The molecule has 0 aromatic carbocycles. The Hall–Kier alpha value is -1.15. The van der Waals surface area contributed by atoms with Gasteiger partial charge in [-0.1, -0.05) is 19.9 Å². The van der Waals surface area contributed by atoms with Crippen molar-refractivity contribution in [3.05, 3.63) is 35.7 Å². The SMILES string of the molecule is CC(C)c1ccc(C2=CC[N+](C)(C)CC2)nc1. The summed E-state index contributed by atoms with van der Waals surface area (Å²) in [6, 6.07) is 4.38. The van der Waals surface area contributed by atoms with Crippen LogP contribution in [-0.4, -0.2) is 36.7 Å². The van der Waals surface area contributed by atoms with E-state index in [2.05, 4.69) is 51.1 Å². The van der Waals surface area contributed by atoms with E-state index >= 15 is 0 Å². The molecule has 0 N–H and O–H groups in total. The predicted octanol–water partition coefficient (Wildman–Crippen LogP) is 3.07. The van der Waals surface area contributed by atoms with Crippen molar-refractivity contribution in [3.8, 4) is 0 Å². The Morgan fingerprint density at radius 2 is 2.00 bits per heavy atom. The minimum absolute atomic E-state index is 0.562. The van der Waals surface area contributed by atoms with Crippen LogP contribution in [0.25, 0.3) is 5.57 Å². The molecule has 0 saturated carbocycles. The Labute approximate surface area is 105 Å². The third-order valence-electron chi connectivity index (χ3n) is 3.60. The fraction of sp³-hybridized carbons (Fsp3) is 0.533. The average molecular weight is 231 g/mol. The fourth-order valence-electron chi connectivity index (χ4n) is 2.14. The molecule has 2 rings (SSSR count). The molecule has 0 radical (unpaired) electrons. The standard InChI is InChI=1S/C15H23N2/c1-12(2)14-5-6-15(16-11-14)13-7-9-17(3,4)10-8-13/h5-7,11-12H,8-10H2,1-4H3/q+1. The van der Waals surface area contributed by atoms with E-state index in [9.17, 15) is 0 Å². The lowest BCUT2D eigenvalue weighted by Gasteiger charge is -2.32. The van der Waals surface area contributed by atoms with Crippen LogP contribution in [0.15, 0.2) is 24.4 Å². The highest BCUT2D eigenvalue weighted by Gasteiger charge is 2.20. The Balaban J connectivity index is 2.16. The second-order valence-corrected chi connectivity index (χ2v) is 5.95. The zero-order chi connectivity index (χ0) is 12.5. The predicted molar refractivity (Wildman–Crippen MR) is 72.8 cm³/mol.